The highest BCUT2D eigenvalue weighted by atomic mass is 35.5. The van der Waals surface area contributed by atoms with Crippen molar-refractivity contribution in [3.63, 3.8) is 0 Å². The first-order chi connectivity index (χ1) is 3.30. The molecule has 0 aliphatic carbocycles. The summed E-state index contributed by atoms with van der Waals surface area (Å²) in [7, 11) is 0. The van der Waals surface area contributed by atoms with Gasteiger partial charge in [0.1, 0.15) is 0 Å². The number of rotatable bonds is 0. The first-order valence-corrected chi connectivity index (χ1v) is 2.00. The van der Waals surface area contributed by atoms with Crippen LogP contribution in [0.3, 0.4) is 0 Å². The summed E-state index contributed by atoms with van der Waals surface area (Å²) in [4.78, 5) is 0. The van der Waals surface area contributed by atoms with Crippen LogP contribution in [0.2, 0.25) is 5.15 Å². The van der Waals surface area contributed by atoms with Gasteiger partial charge in [-0.3, -0.25) is 0 Å². The summed E-state index contributed by atoms with van der Waals surface area (Å²) >= 11 is 5.29. The van der Waals surface area contributed by atoms with Crippen LogP contribution >= 0.6 is 11.6 Å². The summed E-state index contributed by atoms with van der Waals surface area (Å²) < 4.78 is 0. The smallest absolute Gasteiger partial charge is 0.194 e. The van der Waals surface area contributed by atoms with Gasteiger partial charge in [-0.15, -0.1) is 5.10 Å². The molecule has 5 heteroatoms. The van der Waals surface area contributed by atoms with Gasteiger partial charge in [-0.05, 0) is 0 Å². The van der Waals surface area contributed by atoms with E-state index in [-0.39, 0.29) is 5.15 Å². The van der Waals surface area contributed by atoms with Crippen LogP contribution < -0.4 is 5.73 Å². The molecule has 4 nitrogen and oxygen atoms in total. The fraction of sp³-hybridized carbons (Fsp3) is 0. The number of nitrogen functional groups attached to an aromatic ring is 1. The van der Waals surface area contributed by atoms with Crippen LogP contribution in [0.15, 0.2) is 0 Å². The van der Waals surface area contributed by atoms with Crippen molar-refractivity contribution in [3.8, 4) is 0 Å². The monoisotopic (exact) mass is 118 g/mol. The van der Waals surface area contributed by atoms with Gasteiger partial charge >= 0.3 is 0 Å². The molecule has 1 heterocycles. The van der Waals surface area contributed by atoms with E-state index in [2.05, 4.69) is 15.4 Å². The van der Waals surface area contributed by atoms with E-state index in [0.29, 0.717) is 5.82 Å². The fourth-order valence-corrected chi connectivity index (χ4v) is 0.303. The molecule has 0 spiro atoms. The fourth-order valence-electron chi connectivity index (χ4n) is 0.223. The lowest BCUT2D eigenvalue weighted by Crippen LogP contribution is -1.82. The van der Waals surface area contributed by atoms with Gasteiger partial charge < -0.3 is 5.73 Å². The van der Waals surface area contributed by atoms with Crippen LogP contribution in [-0.4, -0.2) is 15.4 Å². The van der Waals surface area contributed by atoms with E-state index in [1.165, 1.54) is 0 Å². The predicted octanol–water partition coefficient (Wildman–Crippen LogP) is 0.0403. The average molecular weight is 119 g/mol. The highest BCUT2D eigenvalue weighted by molar-refractivity contribution is 6.31. The third kappa shape index (κ3) is 0.640. The summed E-state index contributed by atoms with van der Waals surface area (Å²) in [6.45, 7) is 0. The highest BCUT2D eigenvalue weighted by Crippen LogP contribution is 2.07. The van der Waals surface area contributed by atoms with Crippen molar-refractivity contribution in [3.05, 3.63) is 5.15 Å². The molecule has 1 aromatic rings. The number of halogens is 1. The molecule has 0 amide bonds. The van der Waals surface area contributed by atoms with Crippen LogP contribution in [0.25, 0.3) is 0 Å². The minimum absolute atomic E-state index is 0.222. The SMILES string of the molecule is Nc1[nH]nnc1Cl. The predicted molar refractivity (Wildman–Crippen MR) is 25.8 cm³/mol. The van der Waals surface area contributed by atoms with E-state index >= 15 is 0 Å². The molecule has 0 atom stereocenters. The molecule has 0 aliphatic rings. The largest absolute Gasteiger partial charge is 0.381 e. The van der Waals surface area contributed by atoms with Gasteiger partial charge in [0, 0.05) is 0 Å². The number of nitrogens with two attached hydrogens (primary N) is 1. The normalized spacial score (nSPS) is 9.29. The van der Waals surface area contributed by atoms with Crippen LogP contribution in [0.5, 0.6) is 0 Å². The maximum Gasteiger partial charge on any atom is 0.194 e. The number of anilines is 1. The van der Waals surface area contributed by atoms with Gasteiger partial charge in [0.05, 0.1) is 0 Å². The summed E-state index contributed by atoms with van der Waals surface area (Å²) in [5.41, 5.74) is 5.13. The van der Waals surface area contributed by atoms with Crippen LogP contribution in [-0.2, 0) is 0 Å². The first-order valence-electron chi connectivity index (χ1n) is 1.62. The Morgan fingerprint density at radius 3 is 2.57 bits per heavy atom. The van der Waals surface area contributed by atoms with E-state index in [0.717, 1.165) is 0 Å². The van der Waals surface area contributed by atoms with Crippen LogP contribution in [0.4, 0.5) is 5.82 Å². The minimum atomic E-state index is 0.222. The van der Waals surface area contributed by atoms with Gasteiger partial charge in [0.2, 0.25) is 0 Å². The third-order valence-corrected chi connectivity index (χ3v) is 0.810. The Labute approximate surface area is 44.7 Å². The highest BCUT2D eigenvalue weighted by Gasteiger charge is 1.93. The lowest BCUT2D eigenvalue weighted by Gasteiger charge is -1.74. The Morgan fingerprint density at radius 1 is 1.71 bits per heavy atom. The second-order valence-electron chi connectivity index (χ2n) is 1.02. The molecular formula is C2H3ClN4. The van der Waals surface area contributed by atoms with Gasteiger partial charge in [0.15, 0.2) is 11.0 Å². The van der Waals surface area contributed by atoms with Crippen molar-refractivity contribution in [2.45, 2.75) is 0 Å². The molecule has 0 bridgehead atoms. The molecule has 0 saturated heterocycles. The van der Waals surface area contributed by atoms with Crippen molar-refractivity contribution in [1.82, 2.24) is 15.4 Å². The molecule has 3 N–H and O–H groups in total. The standard InChI is InChI=1S/C2H3ClN4/c3-1-2(4)6-7-5-1/h(H3,4,5,6,7). The van der Waals surface area contributed by atoms with Gasteiger partial charge in [-0.2, -0.15) is 0 Å². The molecule has 1 aromatic heterocycles. The van der Waals surface area contributed by atoms with Crippen molar-refractivity contribution in [2.24, 2.45) is 0 Å². The summed E-state index contributed by atoms with van der Waals surface area (Å²) in [5, 5.41) is 9.22. The minimum Gasteiger partial charge on any atom is -0.381 e. The summed E-state index contributed by atoms with van der Waals surface area (Å²) in [6.07, 6.45) is 0. The Hall–Kier alpha value is -0.770. The zero-order chi connectivity index (χ0) is 5.28. The van der Waals surface area contributed by atoms with E-state index in [1.54, 1.807) is 0 Å². The lowest BCUT2D eigenvalue weighted by atomic mass is 10.8. The zero-order valence-electron chi connectivity index (χ0n) is 3.35. The van der Waals surface area contributed by atoms with Crippen molar-refractivity contribution in [2.75, 3.05) is 5.73 Å². The Balaban J connectivity index is 3.12. The summed E-state index contributed by atoms with van der Waals surface area (Å²) in [6, 6.07) is 0. The Kier molecular flexibility index (Phi) is 0.867. The second kappa shape index (κ2) is 1.38. The topological polar surface area (TPSA) is 67.6 Å². The number of nitrogens with zero attached hydrogens (tertiary/aromatic N) is 2. The number of aromatic nitrogens is 3. The second-order valence-corrected chi connectivity index (χ2v) is 1.37. The molecule has 0 radical (unpaired) electrons. The van der Waals surface area contributed by atoms with E-state index < -0.39 is 0 Å². The third-order valence-electron chi connectivity index (χ3n) is 0.530. The molecule has 0 unspecified atom stereocenters. The number of H-pyrrole nitrogens is 1. The van der Waals surface area contributed by atoms with Crippen molar-refractivity contribution < 1.29 is 0 Å². The molecule has 1 rings (SSSR count). The molecule has 0 aromatic carbocycles. The van der Waals surface area contributed by atoms with Crippen molar-refractivity contribution in [1.29, 1.82) is 0 Å². The van der Waals surface area contributed by atoms with Crippen LogP contribution in [0, 0.1) is 0 Å². The van der Waals surface area contributed by atoms with Crippen LogP contribution in [0.1, 0.15) is 0 Å². The first kappa shape index (κ1) is 4.39. The molecule has 7 heavy (non-hydrogen) atoms. The number of hydrogen-bond donors (Lipinski definition) is 2. The number of nitrogens with one attached hydrogen (secondary N) is 1. The van der Waals surface area contributed by atoms with E-state index in [9.17, 15) is 0 Å². The van der Waals surface area contributed by atoms with Gasteiger partial charge in [-0.1, -0.05) is 16.8 Å². The average Bonchev–Trinajstić information content (AvgIpc) is 1.91. The molecule has 38 valence electrons. The van der Waals surface area contributed by atoms with E-state index in [4.69, 9.17) is 17.3 Å². The molecule has 0 fully saturated rings. The molecule has 0 aliphatic heterocycles. The maximum atomic E-state index is 5.29. The number of hydrogen-bond acceptors (Lipinski definition) is 3. The van der Waals surface area contributed by atoms with E-state index in [1.807, 2.05) is 0 Å². The Bertz CT molecular complexity index is 142. The zero-order valence-corrected chi connectivity index (χ0v) is 4.11. The maximum absolute atomic E-state index is 5.29. The molecular weight excluding hydrogens is 116 g/mol. The number of aromatic amines is 1. The van der Waals surface area contributed by atoms with Gasteiger partial charge in [0.25, 0.3) is 0 Å². The lowest BCUT2D eigenvalue weighted by molar-refractivity contribution is 0.943. The molecule has 0 saturated carbocycles. The summed E-state index contributed by atoms with van der Waals surface area (Å²) in [5.74, 6) is 0.307. The quantitative estimate of drug-likeness (QED) is 0.506. The van der Waals surface area contributed by atoms with Crippen molar-refractivity contribution >= 4 is 17.4 Å². The Morgan fingerprint density at radius 2 is 2.43 bits per heavy atom. The van der Waals surface area contributed by atoms with Gasteiger partial charge in [-0.25, -0.2) is 5.10 Å².